The number of benzene rings is 1. The van der Waals surface area contributed by atoms with Gasteiger partial charge in [0.25, 0.3) is 0 Å². The van der Waals surface area contributed by atoms with Crippen LogP contribution < -0.4 is 5.32 Å². The topological polar surface area (TPSA) is 52.7 Å². The summed E-state index contributed by atoms with van der Waals surface area (Å²) in [6.07, 6.45) is 4.48. The molecule has 2 aliphatic rings. The monoisotopic (exact) mass is 315 g/mol. The summed E-state index contributed by atoms with van der Waals surface area (Å²) in [4.78, 5) is 28.5. The molecule has 2 fully saturated rings. The molecule has 1 N–H and O–H groups in total. The molecule has 5 nitrogen and oxygen atoms in total. The van der Waals surface area contributed by atoms with Crippen LogP contribution in [0.25, 0.3) is 0 Å². The van der Waals surface area contributed by atoms with Crippen LogP contribution in [0.2, 0.25) is 0 Å². The van der Waals surface area contributed by atoms with E-state index in [2.05, 4.69) is 5.32 Å². The Morgan fingerprint density at radius 1 is 1.22 bits per heavy atom. The van der Waals surface area contributed by atoms with E-state index in [1.807, 2.05) is 48.0 Å². The number of hydrogen-bond acceptors (Lipinski definition) is 2. The molecule has 23 heavy (non-hydrogen) atoms. The minimum Gasteiger partial charge on any atom is -0.338 e. The van der Waals surface area contributed by atoms with Crippen molar-refractivity contribution in [2.24, 2.45) is 0 Å². The zero-order valence-electron chi connectivity index (χ0n) is 14.0. The summed E-state index contributed by atoms with van der Waals surface area (Å²) >= 11 is 0. The van der Waals surface area contributed by atoms with Crippen molar-refractivity contribution in [3.63, 3.8) is 0 Å². The lowest BCUT2D eigenvalue weighted by atomic mass is 9.80. The molecule has 1 aromatic carbocycles. The maximum Gasteiger partial charge on any atom is 0.321 e. The van der Waals surface area contributed by atoms with Crippen LogP contribution in [0.4, 0.5) is 10.5 Å². The van der Waals surface area contributed by atoms with Gasteiger partial charge in [-0.2, -0.15) is 0 Å². The summed E-state index contributed by atoms with van der Waals surface area (Å²) in [5.74, 6) is 0.206. The fourth-order valence-corrected chi connectivity index (χ4v) is 3.84. The quantitative estimate of drug-likeness (QED) is 0.866. The van der Waals surface area contributed by atoms with E-state index < -0.39 is 0 Å². The number of rotatable bonds is 1. The van der Waals surface area contributed by atoms with Gasteiger partial charge in [0.2, 0.25) is 5.91 Å². The van der Waals surface area contributed by atoms with Crippen LogP contribution in [-0.4, -0.2) is 47.4 Å². The highest BCUT2D eigenvalue weighted by Crippen LogP contribution is 2.35. The zero-order chi connectivity index (χ0) is 16.4. The molecule has 1 aromatic rings. The highest BCUT2D eigenvalue weighted by Gasteiger charge is 2.44. The fraction of sp³-hybridized carbons (Fsp3) is 0.556. The molecule has 0 saturated carbocycles. The molecule has 0 aliphatic carbocycles. The normalized spacial score (nSPS) is 24.9. The first kappa shape index (κ1) is 15.8. The van der Waals surface area contributed by atoms with Crippen LogP contribution in [0.15, 0.2) is 24.3 Å². The minimum absolute atomic E-state index is 0.0650. The number of amides is 3. The molecule has 0 radical (unpaired) electrons. The smallest absolute Gasteiger partial charge is 0.321 e. The van der Waals surface area contributed by atoms with E-state index in [4.69, 9.17) is 0 Å². The van der Waals surface area contributed by atoms with Gasteiger partial charge in [0.1, 0.15) is 0 Å². The van der Waals surface area contributed by atoms with Gasteiger partial charge in [-0.1, -0.05) is 18.2 Å². The molecule has 0 bridgehead atoms. The highest BCUT2D eigenvalue weighted by molar-refractivity contribution is 5.90. The van der Waals surface area contributed by atoms with Gasteiger partial charge in [-0.15, -0.1) is 0 Å². The Kier molecular flexibility index (Phi) is 4.28. The number of anilines is 1. The van der Waals surface area contributed by atoms with Crippen LogP contribution in [0.3, 0.4) is 0 Å². The summed E-state index contributed by atoms with van der Waals surface area (Å²) in [7, 11) is 1.89. The Hall–Kier alpha value is -2.04. The van der Waals surface area contributed by atoms with Crippen LogP contribution in [-0.2, 0) is 4.79 Å². The summed E-state index contributed by atoms with van der Waals surface area (Å²) in [6, 6.07) is 7.73. The second kappa shape index (κ2) is 6.22. The number of carbonyl (C=O) groups excluding carboxylic acids is 2. The molecule has 1 spiro atoms. The van der Waals surface area contributed by atoms with Crippen molar-refractivity contribution in [3.8, 4) is 0 Å². The van der Waals surface area contributed by atoms with Gasteiger partial charge in [0, 0.05) is 32.2 Å². The van der Waals surface area contributed by atoms with Crippen LogP contribution in [0.1, 0.15) is 37.7 Å². The first-order chi connectivity index (χ1) is 11.0. The van der Waals surface area contributed by atoms with Crippen molar-refractivity contribution in [1.82, 2.24) is 9.80 Å². The summed E-state index contributed by atoms with van der Waals surface area (Å²) in [6.45, 7) is 3.37. The van der Waals surface area contributed by atoms with Gasteiger partial charge in [0.05, 0.1) is 5.54 Å². The predicted octanol–water partition coefficient (Wildman–Crippen LogP) is 3.00. The number of nitrogens with one attached hydrogen (secondary N) is 1. The van der Waals surface area contributed by atoms with E-state index >= 15 is 0 Å². The lowest BCUT2D eigenvalue weighted by Gasteiger charge is -2.50. The molecule has 3 rings (SSSR count). The third-order valence-corrected chi connectivity index (χ3v) is 5.35. The van der Waals surface area contributed by atoms with Gasteiger partial charge < -0.3 is 15.1 Å². The van der Waals surface area contributed by atoms with Crippen molar-refractivity contribution in [3.05, 3.63) is 29.8 Å². The van der Waals surface area contributed by atoms with E-state index in [9.17, 15) is 9.59 Å². The van der Waals surface area contributed by atoms with Crippen LogP contribution in [0.5, 0.6) is 0 Å². The average molecular weight is 315 g/mol. The lowest BCUT2D eigenvalue weighted by molar-refractivity contribution is -0.142. The average Bonchev–Trinajstić information content (AvgIpc) is 2.55. The SMILES string of the molecule is Cc1ccccc1NC(=O)N1CCC[C@@]2(CCCC(=O)N2C)C1. The molecule has 3 amide bonds. The number of urea groups is 1. The van der Waals surface area contributed by atoms with Crippen LogP contribution in [0, 0.1) is 6.92 Å². The largest absolute Gasteiger partial charge is 0.338 e. The lowest BCUT2D eigenvalue weighted by Crippen LogP contribution is -2.62. The molecule has 2 saturated heterocycles. The molecular weight excluding hydrogens is 290 g/mol. The number of piperidine rings is 2. The van der Waals surface area contributed by atoms with E-state index in [0.29, 0.717) is 13.0 Å². The number of likely N-dealkylation sites (N-methyl/N-ethyl adjacent to an activating group) is 1. The second-order valence-corrected chi connectivity index (χ2v) is 6.80. The summed E-state index contributed by atoms with van der Waals surface area (Å²) in [5.41, 5.74) is 1.74. The standard InChI is InChI=1S/C18H25N3O2/c1-14-7-3-4-8-15(14)19-17(23)21-12-6-11-18(13-21)10-5-9-16(22)20(18)2/h3-4,7-8H,5-6,9-13H2,1-2H3,(H,19,23)/t18-/m0/s1. The first-order valence-electron chi connectivity index (χ1n) is 8.40. The number of carbonyl (C=O) groups is 2. The Morgan fingerprint density at radius 2 is 1.96 bits per heavy atom. The third-order valence-electron chi connectivity index (χ3n) is 5.35. The van der Waals surface area contributed by atoms with Gasteiger partial charge in [-0.3, -0.25) is 4.79 Å². The summed E-state index contributed by atoms with van der Waals surface area (Å²) < 4.78 is 0. The Balaban J connectivity index is 1.72. The molecule has 5 heteroatoms. The molecule has 1 atom stereocenters. The van der Waals surface area contributed by atoms with Crippen LogP contribution >= 0.6 is 0 Å². The third kappa shape index (κ3) is 3.05. The van der Waals surface area contributed by atoms with E-state index in [-0.39, 0.29) is 17.5 Å². The Morgan fingerprint density at radius 3 is 2.74 bits per heavy atom. The van der Waals surface area contributed by atoms with Crippen molar-refractivity contribution in [2.45, 2.75) is 44.6 Å². The number of hydrogen-bond donors (Lipinski definition) is 1. The van der Waals surface area contributed by atoms with Gasteiger partial charge in [-0.25, -0.2) is 4.79 Å². The first-order valence-corrected chi connectivity index (χ1v) is 8.40. The van der Waals surface area contributed by atoms with Gasteiger partial charge >= 0.3 is 6.03 Å². The van der Waals surface area contributed by atoms with E-state index in [0.717, 1.165) is 43.5 Å². The molecule has 0 aromatic heterocycles. The second-order valence-electron chi connectivity index (χ2n) is 6.80. The summed E-state index contributed by atoms with van der Waals surface area (Å²) in [5, 5.41) is 3.01. The van der Waals surface area contributed by atoms with Gasteiger partial charge in [-0.05, 0) is 44.2 Å². The Bertz CT molecular complexity index is 612. The van der Waals surface area contributed by atoms with E-state index in [1.165, 1.54) is 0 Å². The minimum atomic E-state index is -0.170. The highest BCUT2D eigenvalue weighted by atomic mass is 16.2. The Labute approximate surface area is 137 Å². The maximum atomic E-state index is 12.6. The molecule has 2 aliphatic heterocycles. The van der Waals surface area contributed by atoms with Crippen molar-refractivity contribution in [1.29, 1.82) is 0 Å². The van der Waals surface area contributed by atoms with Gasteiger partial charge in [0.15, 0.2) is 0 Å². The fourth-order valence-electron chi connectivity index (χ4n) is 3.84. The molecular formula is C18H25N3O2. The zero-order valence-corrected chi connectivity index (χ0v) is 14.0. The number of nitrogens with zero attached hydrogens (tertiary/aromatic N) is 2. The molecule has 0 unspecified atom stereocenters. The maximum absolute atomic E-state index is 12.6. The number of aryl methyl sites for hydroxylation is 1. The number of likely N-dealkylation sites (tertiary alicyclic amines) is 2. The van der Waals surface area contributed by atoms with Crippen molar-refractivity contribution >= 4 is 17.6 Å². The van der Waals surface area contributed by atoms with Crippen molar-refractivity contribution < 1.29 is 9.59 Å². The molecule has 124 valence electrons. The number of para-hydroxylation sites is 1. The van der Waals surface area contributed by atoms with Crippen molar-refractivity contribution in [2.75, 3.05) is 25.5 Å². The van der Waals surface area contributed by atoms with E-state index in [1.54, 1.807) is 0 Å². The molecule has 2 heterocycles. The predicted molar refractivity (Wildman–Crippen MR) is 90.4 cm³/mol.